The largest absolute Gasteiger partial charge is 0.533 e. The first-order valence-electron chi connectivity index (χ1n) is 7.51. The second-order valence-corrected chi connectivity index (χ2v) is 5.74. The van der Waals surface area contributed by atoms with Crippen molar-refractivity contribution >= 4 is 21.5 Å². The molecule has 2 N–H and O–H groups in total. The Kier molecular flexibility index (Phi) is 4.62. The molecule has 0 aliphatic rings. The van der Waals surface area contributed by atoms with Gasteiger partial charge in [0, 0.05) is 38.5 Å². The van der Waals surface area contributed by atoms with E-state index in [0.29, 0.717) is 11.1 Å². The van der Waals surface area contributed by atoms with Gasteiger partial charge < -0.3 is 10.2 Å². The molecule has 2 nitrogen and oxygen atoms in total. The fourth-order valence-corrected chi connectivity index (χ4v) is 3.18. The maximum atomic E-state index is 10.7. The van der Waals surface area contributed by atoms with E-state index < -0.39 is 0 Å². The molecule has 0 amide bonds. The summed E-state index contributed by atoms with van der Waals surface area (Å²) in [6, 6.07) is 22.3. The van der Waals surface area contributed by atoms with Gasteiger partial charge >= 0.3 is 0 Å². The molecule has 0 spiro atoms. The quantitative estimate of drug-likeness (QED) is 0.442. The molecule has 0 aliphatic carbocycles. The summed E-state index contributed by atoms with van der Waals surface area (Å²) in [6.45, 7) is 1.87. The van der Waals surface area contributed by atoms with Crippen LogP contribution in [0, 0.1) is 13.0 Å². The number of aromatic hydroxyl groups is 2. The van der Waals surface area contributed by atoms with E-state index in [0.717, 1.165) is 27.1 Å². The van der Waals surface area contributed by atoms with Gasteiger partial charge in [-0.25, -0.2) is 0 Å². The molecule has 0 saturated heterocycles. The molecule has 4 rings (SSSR count). The van der Waals surface area contributed by atoms with E-state index in [-0.39, 0.29) is 44.2 Å². The summed E-state index contributed by atoms with van der Waals surface area (Å²) in [6.07, 6.45) is 0. The predicted molar refractivity (Wildman–Crippen MR) is 93.8 cm³/mol. The number of fused-ring (bicyclic) bond motifs is 2. The second-order valence-electron chi connectivity index (χ2n) is 5.74. The van der Waals surface area contributed by atoms with Gasteiger partial charge in [0.1, 0.15) is 5.75 Å². The van der Waals surface area contributed by atoms with Gasteiger partial charge in [0.25, 0.3) is 0 Å². The fourth-order valence-electron chi connectivity index (χ4n) is 3.18. The molecule has 0 fully saturated rings. The van der Waals surface area contributed by atoms with Crippen molar-refractivity contribution < 1.29 is 42.9 Å². The number of benzene rings is 4. The van der Waals surface area contributed by atoms with Crippen molar-refractivity contribution in [1.82, 2.24) is 0 Å². The number of rotatable bonds is 1. The Hall–Kier alpha value is -1.90. The average Bonchev–Trinajstić information content (AvgIpc) is 2.57. The molecular formula is C21H15O2Y-. The Labute approximate surface area is 165 Å². The Bertz CT molecular complexity index is 1050. The molecule has 0 aromatic heterocycles. The van der Waals surface area contributed by atoms with Crippen molar-refractivity contribution in [3.8, 4) is 22.6 Å². The van der Waals surface area contributed by atoms with Gasteiger partial charge in [-0.15, -0.1) is 22.9 Å². The zero-order chi connectivity index (χ0) is 16.0. The molecule has 0 bridgehead atoms. The number of aryl methyl sites for hydroxylation is 1. The predicted octanol–water partition coefficient (Wildman–Crippen LogP) is 5.18. The topological polar surface area (TPSA) is 40.5 Å². The van der Waals surface area contributed by atoms with Crippen LogP contribution in [0.3, 0.4) is 0 Å². The van der Waals surface area contributed by atoms with Crippen LogP contribution in [0.2, 0.25) is 0 Å². The maximum absolute atomic E-state index is 10.7. The molecule has 0 heterocycles. The smallest absolute Gasteiger partial charge is 0.114 e. The summed E-state index contributed by atoms with van der Waals surface area (Å²) in [5.41, 5.74) is 2.07. The SMILES string of the molecule is Cc1cc2ccccc2c(-c2c(O)[c-]cc3ccccc23)c1O.[Y]. The van der Waals surface area contributed by atoms with Gasteiger partial charge in [0.05, 0.1) is 0 Å². The first-order valence-corrected chi connectivity index (χ1v) is 7.51. The first kappa shape index (κ1) is 16.9. The van der Waals surface area contributed by atoms with E-state index in [9.17, 15) is 10.2 Å². The van der Waals surface area contributed by atoms with Gasteiger partial charge in [-0.3, -0.25) is 0 Å². The van der Waals surface area contributed by atoms with Crippen LogP contribution in [0.5, 0.6) is 11.5 Å². The minimum absolute atomic E-state index is 0. The number of hydrogen-bond donors (Lipinski definition) is 2. The third kappa shape index (κ3) is 2.60. The Balaban J connectivity index is 0.00000169. The van der Waals surface area contributed by atoms with Crippen molar-refractivity contribution in [2.24, 2.45) is 0 Å². The molecule has 0 saturated carbocycles. The van der Waals surface area contributed by atoms with E-state index >= 15 is 0 Å². The van der Waals surface area contributed by atoms with Crippen LogP contribution in [0.4, 0.5) is 0 Å². The Morgan fingerprint density at radius 2 is 1.38 bits per heavy atom. The van der Waals surface area contributed by atoms with Crippen LogP contribution in [-0.2, 0) is 32.7 Å². The van der Waals surface area contributed by atoms with Crippen molar-refractivity contribution in [2.75, 3.05) is 0 Å². The van der Waals surface area contributed by atoms with E-state index in [1.807, 2.05) is 61.5 Å². The molecule has 3 heteroatoms. The fraction of sp³-hybridized carbons (Fsp3) is 0.0476. The summed E-state index contributed by atoms with van der Waals surface area (Å²) in [5, 5.41) is 25.0. The van der Waals surface area contributed by atoms with Crippen molar-refractivity contribution in [3.05, 3.63) is 72.3 Å². The van der Waals surface area contributed by atoms with Gasteiger partial charge in [-0.1, -0.05) is 48.0 Å². The van der Waals surface area contributed by atoms with Gasteiger partial charge in [-0.05, 0) is 34.9 Å². The number of phenolic OH excluding ortho intramolecular Hbond substituents is 2. The minimum Gasteiger partial charge on any atom is -0.533 e. The van der Waals surface area contributed by atoms with Crippen LogP contribution in [0.15, 0.2) is 60.7 Å². The van der Waals surface area contributed by atoms with Crippen LogP contribution < -0.4 is 0 Å². The third-order valence-electron chi connectivity index (χ3n) is 4.29. The molecule has 4 aromatic rings. The standard InChI is InChI=1S/C21H15O2.Y/c1-13-12-15-7-3-5-9-17(15)20(21(13)23)19-16-8-4-2-6-14(16)10-11-18(19)22;/h2-10,12,22-23H,1H3;/q-1;. The molecule has 115 valence electrons. The Morgan fingerprint density at radius 1 is 0.792 bits per heavy atom. The molecule has 0 atom stereocenters. The van der Waals surface area contributed by atoms with E-state index in [1.54, 1.807) is 6.07 Å². The molecule has 24 heavy (non-hydrogen) atoms. The van der Waals surface area contributed by atoms with E-state index in [1.165, 1.54) is 0 Å². The zero-order valence-electron chi connectivity index (χ0n) is 13.2. The normalized spacial score (nSPS) is 10.7. The van der Waals surface area contributed by atoms with Crippen LogP contribution in [0.1, 0.15) is 5.56 Å². The van der Waals surface area contributed by atoms with Crippen molar-refractivity contribution in [1.29, 1.82) is 0 Å². The summed E-state index contributed by atoms with van der Waals surface area (Å²) in [4.78, 5) is 0. The summed E-state index contributed by atoms with van der Waals surface area (Å²) in [5.74, 6) is 0.249. The molecule has 4 aromatic carbocycles. The second kappa shape index (κ2) is 6.54. The first-order chi connectivity index (χ1) is 11.2. The third-order valence-corrected chi connectivity index (χ3v) is 4.29. The maximum Gasteiger partial charge on any atom is 0.114 e. The van der Waals surface area contributed by atoms with Crippen LogP contribution in [-0.4, -0.2) is 10.2 Å². The summed E-state index contributed by atoms with van der Waals surface area (Å²) < 4.78 is 0. The minimum atomic E-state index is 0. The molecule has 0 aliphatic heterocycles. The number of hydrogen-bond acceptors (Lipinski definition) is 2. The van der Waals surface area contributed by atoms with Crippen molar-refractivity contribution in [3.63, 3.8) is 0 Å². The van der Waals surface area contributed by atoms with Gasteiger partial charge in [0.2, 0.25) is 0 Å². The Morgan fingerprint density at radius 3 is 2.08 bits per heavy atom. The number of phenols is 2. The molecular weight excluding hydrogens is 373 g/mol. The monoisotopic (exact) mass is 388 g/mol. The van der Waals surface area contributed by atoms with Gasteiger partial charge in [0.15, 0.2) is 0 Å². The van der Waals surface area contributed by atoms with Crippen LogP contribution in [0.25, 0.3) is 32.7 Å². The average molecular weight is 388 g/mol. The zero-order valence-corrected chi connectivity index (χ0v) is 16.1. The molecule has 0 unspecified atom stereocenters. The summed E-state index contributed by atoms with van der Waals surface area (Å²) >= 11 is 0. The van der Waals surface area contributed by atoms with Crippen molar-refractivity contribution in [2.45, 2.75) is 6.92 Å². The van der Waals surface area contributed by atoms with Crippen LogP contribution >= 0.6 is 0 Å². The molecule has 1 radical (unpaired) electrons. The van der Waals surface area contributed by atoms with E-state index in [4.69, 9.17) is 0 Å². The summed E-state index contributed by atoms with van der Waals surface area (Å²) in [7, 11) is 0. The van der Waals surface area contributed by atoms with Gasteiger partial charge in [-0.2, -0.15) is 6.07 Å². The van der Waals surface area contributed by atoms with E-state index in [2.05, 4.69) is 6.07 Å².